The molecule has 0 radical (unpaired) electrons. The molecular weight excluding hydrogens is 232 g/mol. The summed E-state index contributed by atoms with van der Waals surface area (Å²) in [5, 5.41) is 3.85. The molecular formula is C17H34N2. The van der Waals surface area contributed by atoms with Gasteiger partial charge in [-0.05, 0) is 70.5 Å². The quantitative estimate of drug-likeness (QED) is 0.819. The van der Waals surface area contributed by atoms with Gasteiger partial charge in [-0.3, -0.25) is 0 Å². The first kappa shape index (κ1) is 15.3. The average molecular weight is 266 g/mol. The van der Waals surface area contributed by atoms with Gasteiger partial charge < -0.3 is 10.2 Å². The van der Waals surface area contributed by atoms with Gasteiger partial charge in [0.15, 0.2) is 0 Å². The van der Waals surface area contributed by atoms with Crippen molar-refractivity contribution < 1.29 is 0 Å². The SMILES string of the molecule is CCC1CCC(CNC(C)C2CCCN(C)C2)CC1. The zero-order valence-electron chi connectivity index (χ0n) is 13.3. The van der Waals surface area contributed by atoms with Gasteiger partial charge in [0.2, 0.25) is 0 Å². The maximum absolute atomic E-state index is 3.85. The van der Waals surface area contributed by atoms with E-state index in [0.717, 1.165) is 17.8 Å². The largest absolute Gasteiger partial charge is 0.314 e. The second-order valence-electron chi connectivity index (χ2n) is 7.16. The molecule has 2 fully saturated rings. The van der Waals surface area contributed by atoms with Crippen molar-refractivity contribution in [3.63, 3.8) is 0 Å². The summed E-state index contributed by atoms with van der Waals surface area (Å²) in [6, 6.07) is 0.701. The number of hydrogen-bond acceptors (Lipinski definition) is 2. The maximum atomic E-state index is 3.85. The summed E-state index contributed by atoms with van der Waals surface area (Å²) in [5.74, 6) is 2.85. The van der Waals surface area contributed by atoms with Gasteiger partial charge in [0.1, 0.15) is 0 Å². The summed E-state index contributed by atoms with van der Waals surface area (Å²) in [5.41, 5.74) is 0. The molecule has 2 heteroatoms. The molecule has 2 unspecified atom stereocenters. The van der Waals surface area contributed by atoms with Crippen molar-refractivity contribution in [1.29, 1.82) is 0 Å². The molecule has 19 heavy (non-hydrogen) atoms. The predicted octanol–water partition coefficient (Wildman–Crippen LogP) is 3.52. The van der Waals surface area contributed by atoms with Crippen LogP contribution in [0.2, 0.25) is 0 Å². The van der Waals surface area contributed by atoms with Crippen LogP contribution in [-0.2, 0) is 0 Å². The van der Waals surface area contributed by atoms with Crippen LogP contribution in [0.3, 0.4) is 0 Å². The Hall–Kier alpha value is -0.0800. The number of nitrogens with zero attached hydrogens (tertiary/aromatic N) is 1. The van der Waals surface area contributed by atoms with Crippen LogP contribution in [0.25, 0.3) is 0 Å². The van der Waals surface area contributed by atoms with Gasteiger partial charge in [0.05, 0.1) is 0 Å². The Kier molecular flexibility index (Phi) is 6.15. The van der Waals surface area contributed by atoms with E-state index in [4.69, 9.17) is 0 Å². The molecule has 2 atom stereocenters. The molecule has 0 amide bonds. The van der Waals surface area contributed by atoms with Crippen LogP contribution in [-0.4, -0.2) is 37.6 Å². The van der Waals surface area contributed by atoms with Crippen LogP contribution < -0.4 is 5.32 Å². The van der Waals surface area contributed by atoms with E-state index in [1.54, 1.807) is 0 Å². The van der Waals surface area contributed by atoms with Gasteiger partial charge in [0, 0.05) is 12.6 Å². The highest BCUT2D eigenvalue weighted by Gasteiger charge is 2.24. The molecule has 0 aromatic rings. The summed E-state index contributed by atoms with van der Waals surface area (Å²) >= 11 is 0. The molecule has 0 bridgehead atoms. The Labute approximate surface area is 120 Å². The van der Waals surface area contributed by atoms with E-state index in [9.17, 15) is 0 Å². The zero-order chi connectivity index (χ0) is 13.7. The van der Waals surface area contributed by atoms with Crippen LogP contribution >= 0.6 is 0 Å². The molecule has 1 N–H and O–H groups in total. The fraction of sp³-hybridized carbons (Fsp3) is 1.00. The topological polar surface area (TPSA) is 15.3 Å². The second-order valence-corrected chi connectivity index (χ2v) is 7.16. The Morgan fingerprint density at radius 1 is 1.11 bits per heavy atom. The highest BCUT2D eigenvalue weighted by Crippen LogP contribution is 2.30. The number of nitrogens with one attached hydrogen (secondary N) is 1. The zero-order valence-corrected chi connectivity index (χ0v) is 13.3. The van der Waals surface area contributed by atoms with Gasteiger partial charge >= 0.3 is 0 Å². The van der Waals surface area contributed by atoms with Gasteiger partial charge in [-0.2, -0.15) is 0 Å². The van der Waals surface area contributed by atoms with Crippen LogP contribution in [0.5, 0.6) is 0 Å². The fourth-order valence-corrected chi connectivity index (χ4v) is 3.98. The molecule has 2 rings (SSSR count). The van der Waals surface area contributed by atoms with Crippen molar-refractivity contribution >= 4 is 0 Å². The van der Waals surface area contributed by atoms with Crippen molar-refractivity contribution in [3.8, 4) is 0 Å². The van der Waals surface area contributed by atoms with E-state index in [2.05, 4.69) is 31.1 Å². The first-order valence-corrected chi connectivity index (χ1v) is 8.61. The van der Waals surface area contributed by atoms with E-state index >= 15 is 0 Å². The van der Waals surface area contributed by atoms with E-state index in [1.807, 2.05) is 0 Å². The van der Waals surface area contributed by atoms with Gasteiger partial charge in [-0.15, -0.1) is 0 Å². The lowest BCUT2D eigenvalue weighted by atomic mass is 9.80. The number of hydrogen-bond donors (Lipinski definition) is 1. The standard InChI is InChI=1S/C17H34N2/c1-4-15-7-9-16(10-8-15)12-18-14(2)17-6-5-11-19(3)13-17/h14-18H,4-13H2,1-3H3. The molecule has 112 valence electrons. The molecule has 1 saturated heterocycles. The molecule has 1 aliphatic carbocycles. The van der Waals surface area contributed by atoms with Crippen molar-refractivity contribution in [1.82, 2.24) is 10.2 Å². The maximum Gasteiger partial charge on any atom is 0.00793 e. The van der Waals surface area contributed by atoms with Crippen molar-refractivity contribution in [2.24, 2.45) is 17.8 Å². The summed E-state index contributed by atoms with van der Waals surface area (Å²) in [6.07, 6.45) is 10.1. The van der Waals surface area contributed by atoms with E-state index in [-0.39, 0.29) is 0 Å². The van der Waals surface area contributed by atoms with Crippen molar-refractivity contribution in [2.75, 3.05) is 26.7 Å². The molecule has 1 aliphatic heterocycles. The number of likely N-dealkylation sites (tertiary alicyclic amines) is 1. The first-order chi connectivity index (χ1) is 9.19. The lowest BCUT2D eigenvalue weighted by Crippen LogP contribution is -2.44. The third-order valence-electron chi connectivity index (χ3n) is 5.64. The van der Waals surface area contributed by atoms with Crippen LogP contribution in [0.4, 0.5) is 0 Å². The third-order valence-corrected chi connectivity index (χ3v) is 5.64. The first-order valence-electron chi connectivity index (χ1n) is 8.61. The summed E-state index contributed by atoms with van der Waals surface area (Å²) < 4.78 is 0. The lowest BCUT2D eigenvalue weighted by Gasteiger charge is -2.35. The Balaban J connectivity index is 1.64. The summed E-state index contributed by atoms with van der Waals surface area (Å²) in [4.78, 5) is 2.50. The number of rotatable bonds is 5. The van der Waals surface area contributed by atoms with Crippen molar-refractivity contribution in [3.05, 3.63) is 0 Å². The predicted molar refractivity (Wildman–Crippen MR) is 83.4 cm³/mol. The molecule has 0 aromatic carbocycles. The van der Waals surface area contributed by atoms with Crippen LogP contribution in [0.1, 0.15) is 58.8 Å². The Morgan fingerprint density at radius 2 is 1.79 bits per heavy atom. The molecule has 0 aromatic heterocycles. The Bertz CT molecular complexity index is 246. The monoisotopic (exact) mass is 266 g/mol. The third kappa shape index (κ3) is 4.75. The minimum atomic E-state index is 0.701. The highest BCUT2D eigenvalue weighted by atomic mass is 15.1. The summed E-state index contributed by atoms with van der Waals surface area (Å²) in [6.45, 7) is 8.60. The molecule has 1 saturated carbocycles. The lowest BCUT2D eigenvalue weighted by molar-refractivity contribution is 0.171. The van der Waals surface area contributed by atoms with Crippen molar-refractivity contribution in [2.45, 2.75) is 64.8 Å². The van der Waals surface area contributed by atoms with E-state index in [1.165, 1.54) is 64.6 Å². The van der Waals surface area contributed by atoms with E-state index in [0.29, 0.717) is 6.04 Å². The minimum Gasteiger partial charge on any atom is -0.314 e. The molecule has 0 spiro atoms. The Morgan fingerprint density at radius 3 is 2.42 bits per heavy atom. The van der Waals surface area contributed by atoms with Gasteiger partial charge in [-0.1, -0.05) is 26.2 Å². The molecule has 1 heterocycles. The molecule has 2 nitrogen and oxygen atoms in total. The molecule has 2 aliphatic rings. The smallest absolute Gasteiger partial charge is 0.00793 e. The average Bonchev–Trinajstić information content (AvgIpc) is 2.45. The second kappa shape index (κ2) is 7.64. The van der Waals surface area contributed by atoms with Gasteiger partial charge in [0.25, 0.3) is 0 Å². The minimum absolute atomic E-state index is 0.701. The van der Waals surface area contributed by atoms with E-state index < -0.39 is 0 Å². The van der Waals surface area contributed by atoms with Crippen LogP contribution in [0.15, 0.2) is 0 Å². The normalized spacial score (nSPS) is 35.2. The van der Waals surface area contributed by atoms with Crippen LogP contribution in [0, 0.1) is 17.8 Å². The van der Waals surface area contributed by atoms with Gasteiger partial charge in [-0.25, -0.2) is 0 Å². The fourth-order valence-electron chi connectivity index (χ4n) is 3.98. The summed E-state index contributed by atoms with van der Waals surface area (Å²) in [7, 11) is 2.27. The number of piperidine rings is 1. The highest BCUT2D eigenvalue weighted by molar-refractivity contribution is 4.81.